The van der Waals surface area contributed by atoms with Crippen molar-refractivity contribution < 1.29 is 0 Å². The van der Waals surface area contributed by atoms with Crippen LogP contribution in [-0.2, 0) is 6.42 Å². The lowest BCUT2D eigenvalue weighted by Crippen LogP contribution is -1.94. The maximum atomic E-state index is 5.05. The molecule has 0 saturated carbocycles. The van der Waals surface area contributed by atoms with Gasteiger partial charge in [-0.05, 0) is 29.9 Å². The Balaban J connectivity index is 1.59. The highest BCUT2D eigenvalue weighted by Gasteiger charge is 2.11. The van der Waals surface area contributed by atoms with Crippen LogP contribution >= 0.6 is 0 Å². The smallest absolute Gasteiger partial charge is 0.0790 e. The van der Waals surface area contributed by atoms with Gasteiger partial charge in [0.2, 0.25) is 0 Å². The Morgan fingerprint density at radius 1 is 0.607 bits per heavy atom. The van der Waals surface area contributed by atoms with Gasteiger partial charge in [0, 0.05) is 16.2 Å². The van der Waals surface area contributed by atoms with E-state index in [-0.39, 0.29) is 0 Å². The fourth-order valence-electron chi connectivity index (χ4n) is 4.42. The van der Waals surface area contributed by atoms with Gasteiger partial charge in [0.05, 0.1) is 11.0 Å². The first kappa shape index (κ1) is 18.9. The van der Waals surface area contributed by atoms with Gasteiger partial charge in [-0.15, -0.1) is 0 Å². The van der Waals surface area contributed by atoms with Gasteiger partial charge >= 0.3 is 0 Å². The van der Waals surface area contributed by atoms with Crippen LogP contribution in [-0.4, -0.2) is 4.98 Å². The summed E-state index contributed by atoms with van der Waals surface area (Å²) in [6, 6.07) is 21.8. The molecule has 0 bridgehead atoms. The van der Waals surface area contributed by atoms with Gasteiger partial charge in [-0.2, -0.15) is 0 Å². The number of benzene rings is 3. The molecule has 1 aromatic heterocycles. The maximum Gasteiger partial charge on any atom is 0.0790 e. The second-order valence-corrected chi connectivity index (χ2v) is 8.02. The third-order valence-electron chi connectivity index (χ3n) is 5.97. The van der Waals surface area contributed by atoms with Crippen molar-refractivity contribution in [2.75, 3.05) is 0 Å². The van der Waals surface area contributed by atoms with Crippen LogP contribution in [0.4, 0.5) is 0 Å². The lowest BCUT2D eigenvalue weighted by molar-refractivity contribution is 0.576. The summed E-state index contributed by atoms with van der Waals surface area (Å²) >= 11 is 0. The van der Waals surface area contributed by atoms with Gasteiger partial charge in [-0.3, -0.25) is 0 Å². The average Bonchev–Trinajstić information content (AvgIpc) is 2.75. The van der Waals surface area contributed by atoms with Crippen LogP contribution in [0.5, 0.6) is 0 Å². The first-order chi connectivity index (χ1) is 13.9. The minimum absolute atomic E-state index is 1.13. The molecule has 4 aromatic rings. The monoisotopic (exact) mass is 369 g/mol. The third kappa shape index (κ3) is 4.04. The van der Waals surface area contributed by atoms with Gasteiger partial charge in [-0.25, -0.2) is 4.98 Å². The lowest BCUT2D eigenvalue weighted by Gasteiger charge is -2.13. The van der Waals surface area contributed by atoms with E-state index in [1.807, 2.05) is 0 Å². The van der Waals surface area contributed by atoms with Crippen LogP contribution in [0.3, 0.4) is 0 Å². The number of pyridine rings is 1. The summed E-state index contributed by atoms with van der Waals surface area (Å²) in [5.41, 5.74) is 3.77. The molecule has 28 heavy (non-hydrogen) atoms. The van der Waals surface area contributed by atoms with E-state index in [1.165, 1.54) is 78.5 Å². The molecular weight excluding hydrogens is 338 g/mol. The summed E-state index contributed by atoms with van der Waals surface area (Å²) < 4.78 is 0. The Hall–Kier alpha value is -2.41. The van der Waals surface area contributed by atoms with Crippen molar-refractivity contribution in [3.8, 4) is 0 Å². The Bertz CT molecular complexity index is 1060. The molecule has 0 saturated heterocycles. The quantitative estimate of drug-likeness (QED) is 0.164. The van der Waals surface area contributed by atoms with E-state index in [4.69, 9.17) is 4.98 Å². The van der Waals surface area contributed by atoms with Gasteiger partial charge in [0.25, 0.3) is 0 Å². The number of aryl methyl sites for hydroxylation is 1. The molecule has 4 rings (SSSR count). The van der Waals surface area contributed by atoms with Gasteiger partial charge < -0.3 is 0 Å². The zero-order chi connectivity index (χ0) is 19.2. The van der Waals surface area contributed by atoms with Crippen molar-refractivity contribution in [1.82, 2.24) is 4.98 Å². The van der Waals surface area contributed by atoms with Crippen LogP contribution in [0.2, 0.25) is 0 Å². The SMILES string of the molecule is CCCCCCCCCCc1c2ccccc2nc2c1ccc1ccccc12. The molecule has 0 fully saturated rings. The van der Waals surface area contributed by atoms with Gasteiger partial charge in [-0.1, -0.05) is 106 Å². The number of para-hydroxylation sites is 1. The van der Waals surface area contributed by atoms with Crippen molar-refractivity contribution in [3.63, 3.8) is 0 Å². The number of aromatic nitrogens is 1. The molecule has 1 heteroatoms. The Morgan fingerprint density at radius 3 is 2.11 bits per heavy atom. The number of fused-ring (bicyclic) bond motifs is 4. The Labute approximate surface area is 168 Å². The largest absolute Gasteiger partial charge is 0.247 e. The fraction of sp³-hybridized carbons (Fsp3) is 0.370. The summed E-state index contributed by atoms with van der Waals surface area (Å²) in [7, 11) is 0. The standard InChI is InChI=1S/C27H31N/c1-2-3-4-5-6-7-8-9-16-23-24-17-12-13-18-26(24)28-27-22-15-11-10-14-21(22)19-20-25(23)27/h10-15,17-20H,2-9,16H2,1H3. The number of hydrogen-bond donors (Lipinski definition) is 0. The molecule has 0 aliphatic carbocycles. The average molecular weight is 370 g/mol. The molecule has 0 N–H and O–H groups in total. The maximum absolute atomic E-state index is 5.05. The summed E-state index contributed by atoms with van der Waals surface area (Å²) in [4.78, 5) is 5.05. The summed E-state index contributed by atoms with van der Waals surface area (Å²) in [5, 5.41) is 5.20. The zero-order valence-electron chi connectivity index (χ0n) is 17.1. The molecule has 0 unspecified atom stereocenters. The highest BCUT2D eigenvalue weighted by molar-refractivity contribution is 6.10. The number of unbranched alkanes of at least 4 members (excludes halogenated alkanes) is 7. The molecule has 0 amide bonds. The zero-order valence-corrected chi connectivity index (χ0v) is 17.1. The number of rotatable bonds is 9. The van der Waals surface area contributed by atoms with Crippen LogP contribution in [0, 0.1) is 0 Å². The molecule has 1 nitrogen and oxygen atoms in total. The number of hydrogen-bond acceptors (Lipinski definition) is 1. The molecular formula is C27H31N. The van der Waals surface area contributed by atoms with E-state index in [1.54, 1.807) is 0 Å². The molecule has 0 radical (unpaired) electrons. The van der Waals surface area contributed by atoms with Crippen LogP contribution in [0.1, 0.15) is 63.9 Å². The molecule has 0 spiro atoms. The molecule has 0 aliphatic heterocycles. The van der Waals surface area contributed by atoms with Crippen LogP contribution < -0.4 is 0 Å². The third-order valence-corrected chi connectivity index (χ3v) is 5.97. The molecule has 0 atom stereocenters. The minimum Gasteiger partial charge on any atom is -0.247 e. The predicted octanol–water partition coefficient (Wildman–Crippen LogP) is 8.22. The van der Waals surface area contributed by atoms with Crippen molar-refractivity contribution >= 4 is 32.6 Å². The highest BCUT2D eigenvalue weighted by atomic mass is 14.7. The van der Waals surface area contributed by atoms with Crippen LogP contribution in [0.25, 0.3) is 32.6 Å². The molecule has 144 valence electrons. The van der Waals surface area contributed by atoms with Crippen LogP contribution in [0.15, 0.2) is 60.7 Å². The molecule has 3 aromatic carbocycles. The van der Waals surface area contributed by atoms with Crippen molar-refractivity contribution in [2.45, 2.75) is 64.7 Å². The van der Waals surface area contributed by atoms with E-state index in [9.17, 15) is 0 Å². The van der Waals surface area contributed by atoms with Crippen molar-refractivity contribution in [3.05, 3.63) is 66.2 Å². The Kier molecular flexibility index (Phi) is 6.21. The fourth-order valence-corrected chi connectivity index (χ4v) is 4.42. The van der Waals surface area contributed by atoms with Crippen molar-refractivity contribution in [2.24, 2.45) is 0 Å². The second kappa shape index (κ2) is 9.19. The summed E-state index contributed by atoms with van der Waals surface area (Å²) in [6.07, 6.45) is 12.0. The first-order valence-electron chi connectivity index (χ1n) is 11.1. The second-order valence-electron chi connectivity index (χ2n) is 8.02. The van der Waals surface area contributed by atoms with Crippen molar-refractivity contribution in [1.29, 1.82) is 0 Å². The first-order valence-corrected chi connectivity index (χ1v) is 11.1. The van der Waals surface area contributed by atoms with E-state index >= 15 is 0 Å². The van der Waals surface area contributed by atoms with E-state index in [0.29, 0.717) is 0 Å². The summed E-state index contributed by atoms with van der Waals surface area (Å²) in [6.45, 7) is 2.28. The van der Waals surface area contributed by atoms with E-state index in [0.717, 1.165) is 17.5 Å². The summed E-state index contributed by atoms with van der Waals surface area (Å²) in [5.74, 6) is 0. The lowest BCUT2D eigenvalue weighted by atomic mass is 9.95. The number of nitrogens with zero attached hydrogens (tertiary/aromatic N) is 1. The van der Waals surface area contributed by atoms with E-state index < -0.39 is 0 Å². The molecule has 1 heterocycles. The normalized spacial score (nSPS) is 11.6. The van der Waals surface area contributed by atoms with Gasteiger partial charge in [0.15, 0.2) is 0 Å². The topological polar surface area (TPSA) is 12.9 Å². The van der Waals surface area contributed by atoms with Gasteiger partial charge in [0.1, 0.15) is 0 Å². The Morgan fingerprint density at radius 2 is 1.29 bits per heavy atom. The van der Waals surface area contributed by atoms with E-state index in [2.05, 4.69) is 67.6 Å². The molecule has 0 aliphatic rings. The predicted molar refractivity (Wildman–Crippen MR) is 123 cm³/mol. The minimum atomic E-state index is 1.13. The highest BCUT2D eigenvalue weighted by Crippen LogP contribution is 2.32.